The molecule has 0 amide bonds. The van der Waals surface area contributed by atoms with Crippen molar-refractivity contribution >= 4 is 46.7 Å². The molecule has 2 aromatic carbocycles. The van der Waals surface area contributed by atoms with Crippen molar-refractivity contribution < 1.29 is 13.2 Å². The van der Waals surface area contributed by atoms with E-state index >= 15 is 0 Å². The Kier molecular flexibility index (Phi) is 12.3. The third kappa shape index (κ3) is 8.37. The number of hydrogen-bond donors (Lipinski definition) is 2. The van der Waals surface area contributed by atoms with Crippen LogP contribution in [0.2, 0.25) is 0 Å². The third-order valence-corrected chi connectivity index (χ3v) is 4.98. The van der Waals surface area contributed by atoms with E-state index in [-0.39, 0.29) is 29.7 Å². The SMILES string of the molecule is C/C=N/NCCCCOc1cc(C)ccc1NS(=O)(=O)c1ccccc1.Cl.Cl. The number of rotatable bonds is 10. The highest BCUT2D eigenvalue weighted by atomic mass is 35.5. The van der Waals surface area contributed by atoms with E-state index in [9.17, 15) is 8.42 Å². The van der Waals surface area contributed by atoms with Crippen molar-refractivity contribution in [1.82, 2.24) is 5.43 Å². The predicted molar refractivity (Wildman–Crippen MR) is 120 cm³/mol. The molecule has 9 heteroatoms. The summed E-state index contributed by atoms with van der Waals surface area (Å²) in [6, 6.07) is 13.7. The van der Waals surface area contributed by atoms with Crippen LogP contribution in [-0.2, 0) is 10.0 Å². The Balaban J connectivity index is 0.00000364. The van der Waals surface area contributed by atoms with Gasteiger partial charge in [-0.25, -0.2) is 8.42 Å². The normalized spacial score (nSPS) is 10.6. The second-order valence-corrected chi connectivity index (χ2v) is 7.45. The molecule has 28 heavy (non-hydrogen) atoms. The van der Waals surface area contributed by atoms with E-state index in [1.165, 1.54) is 0 Å². The van der Waals surface area contributed by atoms with Crippen molar-refractivity contribution in [3.8, 4) is 5.75 Å². The number of benzene rings is 2. The number of hydrogen-bond acceptors (Lipinski definition) is 5. The van der Waals surface area contributed by atoms with Gasteiger partial charge in [0.25, 0.3) is 10.0 Å². The Morgan fingerprint density at radius 3 is 2.46 bits per heavy atom. The molecule has 0 heterocycles. The number of nitrogens with one attached hydrogen (secondary N) is 2. The Bertz CT molecular complexity index is 832. The molecule has 2 N–H and O–H groups in total. The minimum Gasteiger partial charge on any atom is -0.491 e. The highest BCUT2D eigenvalue weighted by Gasteiger charge is 2.16. The number of aryl methyl sites for hydroxylation is 1. The predicted octanol–water partition coefficient (Wildman–Crippen LogP) is 4.39. The molecular weight excluding hydrogens is 421 g/mol. The largest absolute Gasteiger partial charge is 0.491 e. The zero-order chi connectivity index (χ0) is 18.8. The minimum absolute atomic E-state index is 0. The Hall–Kier alpha value is -1.96. The fourth-order valence-electron chi connectivity index (χ4n) is 2.28. The van der Waals surface area contributed by atoms with Crippen molar-refractivity contribution in [3.63, 3.8) is 0 Å². The number of nitrogens with zero attached hydrogens (tertiary/aromatic N) is 1. The Morgan fingerprint density at radius 1 is 1.07 bits per heavy atom. The molecule has 2 rings (SSSR count). The number of ether oxygens (including phenoxy) is 1. The van der Waals surface area contributed by atoms with E-state index in [2.05, 4.69) is 15.2 Å². The average molecular weight is 448 g/mol. The van der Waals surface area contributed by atoms with Crippen molar-refractivity contribution in [2.75, 3.05) is 17.9 Å². The van der Waals surface area contributed by atoms with Gasteiger partial charge < -0.3 is 10.2 Å². The topological polar surface area (TPSA) is 79.8 Å². The number of unbranched alkanes of at least 4 members (excludes halogenated alkanes) is 1. The molecule has 0 unspecified atom stereocenters. The first-order chi connectivity index (χ1) is 12.5. The van der Waals surface area contributed by atoms with Gasteiger partial charge in [-0.15, -0.1) is 24.8 Å². The van der Waals surface area contributed by atoms with Gasteiger partial charge in [0, 0.05) is 12.8 Å². The molecule has 6 nitrogen and oxygen atoms in total. The zero-order valence-corrected chi connectivity index (χ0v) is 18.4. The van der Waals surface area contributed by atoms with Crippen molar-refractivity contribution in [1.29, 1.82) is 0 Å². The summed E-state index contributed by atoms with van der Waals surface area (Å²) in [6.07, 6.45) is 3.45. The van der Waals surface area contributed by atoms with E-state index in [0.29, 0.717) is 18.0 Å². The van der Waals surface area contributed by atoms with E-state index in [1.54, 1.807) is 42.6 Å². The summed E-state index contributed by atoms with van der Waals surface area (Å²) in [4.78, 5) is 0.217. The van der Waals surface area contributed by atoms with Crippen LogP contribution in [0.5, 0.6) is 5.75 Å². The monoisotopic (exact) mass is 447 g/mol. The molecular formula is C19H27Cl2N3O3S. The lowest BCUT2D eigenvalue weighted by Crippen LogP contribution is -2.14. The number of hydrazone groups is 1. The van der Waals surface area contributed by atoms with Crippen LogP contribution in [0, 0.1) is 6.92 Å². The van der Waals surface area contributed by atoms with Crippen molar-refractivity contribution in [3.05, 3.63) is 54.1 Å². The molecule has 0 aromatic heterocycles. The maximum atomic E-state index is 12.5. The highest BCUT2D eigenvalue weighted by Crippen LogP contribution is 2.28. The van der Waals surface area contributed by atoms with Gasteiger partial charge in [0.05, 0.1) is 17.2 Å². The van der Waals surface area contributed by atoms with Gasteiger partial charge in [0.1, 0.15) is 5.75 Å². The fourth-order valence-corrected chi connectivity index (χ4v) is 3.37. The summed E-state index contributed by atoms with van der Waals surface area (Å²) in [7, 11) is -3.65. The molecule has 156 valence electrons. The van der Waals surface area contributed by atoms with Gasteiger partial charge in [-0.3, -0.25) is 4.72 Å². The number of halogens is 2. The second kappa shape index (κ2) is 13.3. The highest BCUT2D eigenvalue weighted by molar-refractivity contribution is 7.92. The molecule has 0 radical (unpaired) electrons. The lowest BCUT2D eigenvalue weighted by molar-refractivity contribution is 0.307. The number of anilines is 1. The summed E-state index contributed by atoms with van der Waals surface area (Å²) >= 11 is 0. The molecule has 2 aromatic rings. The van der Waals surface area contributed by atoms with Crippen LogP contribution >= 0.6 is 24.8 Å². The van der Waals surface area contributed by atoms with Gasteiger partial charge in [-0.2, -0.15) is 5.10 Å². The maximum Gasteiger partial charge on any atom is 0.262 e. The van der Waals surface area contributed by atoms with Crippen LogP contribution in [-0.4, -0.2) is 27.8 Å². The van der Waals surface area contributed by atoms with E-state index < -0.39 is 10.0 Å². The zero-order valence-electron chi connectivity index (χ0n) is 15.9. The van der Waals surface area contributed by atoms with Crippen LogP contribution in [0.3, 0.4) is 0 Å². The first kappa shape index (κ1) is 26.0. The van der Waals surface area contributed by atoms with Gasteiger partial charge >= 0.3 is 0 Å². The van der Waals surface area contributed by atoms with Gasteiger partial charge in [0.2, 0.25) is 0 Å². The summed E-state index contributed by atoms with van der Waals surface area (Å²) < 4.78 is 33.5. The van der Waals surface area contributed by atoms with Crippen LogP contribution in [0.15, 0.2) is 58.5 Å². The summed E-state index contributed by atoms with van der Waals surface area (Å²) in [6.45, 7) is 5.07. The first-order valence-corrected chi connectivity index (χ1v) is 10.0. The van der Waals surface area contributed by atoms with E-state index in [0.717, 1.165) is 24.9 Å². The lowest BCUT2D eigenvalue weighted by Gasteiger charge is -2.14. The Labute approximate surface area is 179 Å². The molecule has 0 atom stereocenters. The Morgan fingerprint density at radius 2 is 1.79 bits per heavy atom. The molecule has 0 aliphatic rings. The van der Waals surface area contributed by atoms with E-state index in [4.69, 9.17) is 4.74 Å². The molecule has 0 saturated carbocycles. The van der Waals surface area contributed by atoms with Crippen LogP contribution in [0.25, 0.3) is 0 Å². The molecule has 0 spiro atoms. The van der Waals surface area contributed by atoms with E-state index in [1.807, 2.05) is 26.0 Å². The van der Waals surface area contributed by atoms with Crippen molar-refractivity contribution in [2.24, 2.45) is 5.10 Å². The minimum atomic E-state index is -3.65. The van der Waals surface area contributed by atoms with Crippen LogP contribution in [0.4, 0.5) is 5.69 Å². The smallest absolute Gasteiger partial charge is 0.262 e. The molecule has 0 fully saturated rings. The standard InChI is InChI=1S/C19H25N3O3S.2ClH/c1-3-20-21-13-7-8-14-25-19-15-16(2)11-12-18(19)22-26(23,24)17-9-5-4-6-10-17;;/h3-6,9-12,15,21-22H,7-8,13-14H2,1-2H3;2*1H/b20-3+;;. The molecule has 0 bridgehead atoms. The quantitative estimate of drug-likeness (QED) is 0.321. The summed E-state index contributed by atoms with van der Waals surface area (Å²) in [5.74, 6) is 0.532. The molecule has 0 aliphatic carbocycles. The number of sulfonamides is 1. The van der Waals surface area contributed by atoms with Crippen molar-refractivity contribution in [2.45, 2.75) is 31.6 Å². The summed E-state index contributed by atoms with van der Waals surface area (Å²) in [5, 5.41) is 3.93. The van der Waals surface area contributed by atoms with Crippen LogP contribution in [0.1, 0.15) is 25.3 Å². The van der Waals surface area contributed by atoms with Gasteiger partial charge in [-0.1, -0.05) is 24.3 Å². The average Bonchev–Trinajstić information content (AvgIpc) is 2.63. The first-order valence-electron chi connectivity index (χ1n) is 8.55. The third-order valence-electron chi connectivity index (χ3n) is 3.60. The molecule has 0 saturated heterocycles. The molecule has 0 aliphatic heterocycles. The van der Waals surface area contributed by atoms with Gasteiger partial charge in [-0.05, 0) is 56.5 Å². The summed E-state index contributed by atoms with van der Waals surface area (Å²) in [5.41, 5.74) is 4.37. The van der Waals surface area contributed by atoms with Crippen LogP contribution < -0.4 is 14.9 Å². The fraction of sp³-hybridized carbons (Fsp3) is 0.316. The maximum absolute atomic E-state index is 12.5. The second-order valence-electron chi connectivity index (χ2n) is 5.77. The lowest BCUT2D eigenvalue weighted by atomic mass is 10.2. The van der Waals surface area contributed by atoms with Gasteiger partial charge in [0.15, 0.2) is 0 Å².